The second kappa shape index (κ2) is 7.33. The Morgan fingerprint density at radius 1 is 1.23 bits per heavy atom. The van der Waals surface area contributed by atoms with Crippen LogP contribution in [0.15, 0.2) is 41.6 Å². The van der Waals surface area contributed by atoms with Gasteiger partial charge in [-0.3, -0.25) is 4.79 Å². The van der Waals surface area contributed by atoms with Gasteiger partial charge in [0.1, 0.15) is 0 Å². The van der Waals surface area contributed by atoms with E-state index < -0.39 is 0 Å². The summed E-state index contributed by atoms with van der Waals surface area (Å²) in [6, 6.07) is 12.0. The fourth-order valence-electron chi connectivity index (χ4n) is 3.24. The van der Waals surface area contributed by atoms with Crippen molar-refractivity contribution in [2.75, 3.05) is 11.5 Å². The molecular weight excluding hydrogens is 348 g/mol. The lowest BCUT2D eigenvalue weighted by atomic mass is 10.1. The maximum absolute atomic E-state index is 12.1. The summed E-state index contributed by atoms with van der Waals surface area (Å²) < 4.78 is 1.68. The first-order valence-corrected chi connectivity index (χ1v) is 9.68. The number of benzene rings is 1. The maximum Gasteiger partial charge on any atom is 0.230 e. The van der Waals surface area contributed by atoms with E-state index in [9.17, 15) is 4.79 Å². The molecule has 3 N–H and O–H groups in total. The van der Waals surface area contributed by atoms with Crippen molar-refractivity contribution >= 4 is 29.3 Å². The summed E-state index contributed by atoms with van der Waals surface area (Å²) in [5.74, 6) is 0.619. The minimum atomic E-state index is 0.0195. The first-order valence-electron chi connectivity index (χ1n) is 8.70. The lowest BCUT2D eigenvalue weighted by Crippen LogP contribution is -2.33. The lowest BCUT2D eigenvalue weighted by Gasteiger charge is -2.11. The molecule has 1 aromatic carbocycles. The van der Waals surface area contributed by atoms with Crippen molar-refractivity contribution in [3.63, 3.8) is 0 Å². The number of hydrogen-bond acceptors (Lipinski definition) is 6. The summed E-state index contributed by atoms with van der Waals surface area (Å²) in [5, 5.41) is 12.0. The molecule has 7 nitrogen and oxygen atoms in total. The smallest absolute Gasteiger partial charge is 0.230 e. The Balaban J connectivity index is 1.50. The highest BCUT2D eigenvalue weighted by atomic mass is 32.2. The van der Waals surface area contributed by atoms with Crippen molar-refractivity contribution in [1.29, 1.82) is 0 Å². The topological polar surface area (TPSA) is 98.2 Å². The summed E-state index contributed by atoms with van der Waals surface area (Å²) in [6.45, 7) is 0. The molecule has 0 saturated heterocycles. The fourth-order valence-corrected chi connectivity index (χ4v) is 4.00. The van der Waals surface area contributed by atoms with E-state index in [2.05, 4.69) is 20.5 Å². The number of anilines is 1. The van der Waals surface area contributed by atoms with Crippen LogP contribution in [0.4, 0.5) is 5.95 Å². The number of aromatic nitrogens is 4. The molecular formula is C18H20N6OS. The largest absolute Gasteiger partial charge is 0.369 e. The number of amides is 1. The summed E-state index contributed by atoms with van der Waals surface area (Å²) in [4.78, 5) is 16.6. The van der Waals surface area contributed by atoms with E-state index >= 15 is 0 Å². The third-order valence-corrected chi connectivity index (χ3v) is 5.44. The van der Waals surface area contributed by atoms with Gasteiger partial charge in [-0.1, -0.05) is 54.9 Å². The van der Waals surface area contributed by atoms with Gasteiger partial charge in [-0.05, 0) is 12.8 Å². The normalized spacial score (nSPS) is 14.8. The highest BCUT2D eigenvalue weighted by Gasteiger charge is 2.18. The van der Waals surface area contributed by atoms with Crippen LogP contribution >= 0.6 is 11.8 Å². The maximum atomic E-state index is 12.1. The number of carbonyl (C=O) groups is 1. The van der Waals surface area contributed by atoms with E-state index in [1.54, 1.807) is 4.40 Å². The number of nitrogen functional groups attached to an aromatic ring is 1. The Hall–Kier alpha value is -2.61. The first kappa shape index (κ1) is 16.8. The van der Waals surface area contributed by atoms with Crippen LogP contribution in [-0.4, -0.2) is 37.3 Å². The Bertz CT molecular complexity index is 920. The van der Waals surface area contributed by atoms with Crippen LogP contribution in [0.2, 0.25) is 0 Å². The van der Waals surface area contributed by atoms with Gasteiger partial charge < -0.3 is 11.1 Å². The fraction of sp³-hybridized carbons (Fsp3) is 0.333. The van der Waals surface area contributed by atoms with Crippen molar-refractivity contribution in [2.45, 2.75) is 36.9 Å². The zero-order valence-electron chi connectivity index (χ0n) is 14.3. The number of nitrogens with zero attached hydrogens (tertiary/aromatic N) is 4. The van der Waals surface area contributed by atoms with Crippen molar-refractivity contribution in [3.8, 4) is 11.3 Å². The molecule has 134 valence electrons. The molecule has 0 spiro atoms. The minimum Gasteiger partial charge on any atom is -0.369 e. The van der Waals surface area contributed by atoms with Crippen molar-refractivity contribution in [2.24, 2.45) is 0 Å². The van der Waals surface area contributed by atoms with Crippen LogP contribution in [0, 0.1) is 0 Å². The highest BCUT2D eigenvalue weighted by molar-refractivity contribution is 7.99. The molecule has 8 heteroatoms. The summed E-state index contributed by atoms with van der Waals surface area (Å²) in [7, 11) is 0. The van der Waals surface area contributed by atoms with Crippen molar-refractivity contribution in [1.82, 2.24) is 24.9 Å². The Morgan fingerprint density at radius 3 is 2.77 bits per heavy atom. The molecule has 3 aromatic rings. The number of nitrogens with one attached hydrogen (secondary N) is 1. The quantitative estimate of drug-likeness (QED) is 0.672. The Labute approximate surface area is 155 Å². The third-order valence-electron chi connectivity index (χ3n) is 4.51. The average Bonchev–Trinajstić information content (AvgIpc) is 3.30. The molecule has 0 unspecified atom stereocenters. The van der Waals surface area contributed by atoms with E-state index in [0.29, 0.717) is 22.8 Å². The molecule has 0 aliphatic heterocycles. The van der Waals surface area contributed by atoms with Gasteiger partial charge in [-0.2, -0.15) is 0 Å². The van der Waals surface area contributed by atoms with Crippen LogP contribution in [0.1, 0.15) is 25.7 Å². The van der Waals surface area contributed by atoms with Crippen molar-refractivity contribution in [3.05, 3.63) is 36.4 Å². The van der Waals surface area contributed by atoms with Gasteiger partial charge in [0.05, 0.1) is 11.4 Å². The molecule has 0 atom stereocenters. The molecule has 1 amide bonds. The number of thioether (sulfide) groups is 1. The molecule has 0 radical (unpaired) electrons. The van der Waals surface area contributed by atoms with E-state index in [-0.39, 0.29) is 11.7 Å². The Kier molecular flexibility index (Phi) is 4.75. The second-order valence-corrected chi connectivity index (χ2v) is 7.32. The van der Waals surface area contributed by atoms with E-state index in [1.165, 1.54) is 24.6 Å². The molecule has 1 saturated carbocycles. The monoisotopic (exact) mass is 368 g/mol. The van der Waals surface area contributed by atoms with Crippen molar-refractivity contribution < 1.29 is 4.79 Å². The van der Waals surface area contributed by atoms with Crippen LogP contribution in [0.5, 0.6) is 0 Å². The predicted octanol–water partition coefficient (Wildman–Crippen LogP) is 2.52. The number of carbonyl (C=O) groups excluding carboxylic acids is 1. The molecule has 26 heavy (non-hydrogen) atoms. The SMILES string of the molecule is Nc1nc(-c2ccccc2)cc2nnc(SCC(=O)NC3CCCC3)n12. The number of fused-ring (bicyclic) bond motifs is 1. The molecule has 1 aliphatic rings. The van der Waals surface area contributed by atoms with Crippen LogP contribution in [0.3, 0.4) is 0 Å². The minimum absolute atomic E-state index is 0.0195. The average molecular weight is 368 g/mol. The van der Waals surface area contributed by atoms with E-state index in [4.69, 9.17) is 5.73 Å². The second-order valence-electron chi connectivity index (χ2n) is 6.38. The zero-order chi connectivity index (χ0) is 17.9. The molecule has 0 bridgehead atoms. The number of nitrogens with two attached hydrogens (primary N) is 1. The molecule has 1 fully saturated rings. The van der Waals surface area contributed by atoms with Crippen LogP contribution < -0.4 is 11.1 Å². The van der Waals surface area contributed by atoms with Gasteiger partial charge >= 0.3 is 0 Å². The summed E-state index contributed by atoms with van der Waals surface area (Å²) >= 11 is 1.32. The van der Waals surface area contributed by atoms with E-state index in [1.807, 2.05) is 36.4 Å². The van der Waals surface area contributed by atoms with Gasteiger partial charge in [0, 0.05) is 17.7 Å². The van der Waals surface area contributed by atoms with Crippen LogP contribution in [-0.2, 0) is 4.79 Å². The molecule has 4 rings (SSSR count). The van der Waals surface area contributed by atoms with E-state index in [0.717, 1.165) is 24.1 Å². The lowest BCUT2D eigenvalue weighted by molar-refractivity contribution is -0.119. The number of rotatable bonds is 5. The van der Waals surface area contributed by atoms with Gasteiger partial charge in [-0.25, -0.2) is 9.38 Å². The molecule has 2 heterocycles. The van der Waals surface area contributed by atoms with Gasteiger partial charge in [0.15, 0.2) is 10.8 Å². The summed E-state index contributed by atoms with van der Waals surface area (Å²) in [6.07, 6.45) is 4.53. The molecule has 1 aliphatic carbocycles. The zero-order valence-corrected chi connectivity index (χ0v) is 15.1. The third kappa shape index (κ3) is 3.50. The van der Waals surface area contributed by atoms with Gasteiger partial charge in [0.2, 0.25) is 11.9 Å². The molecule has 2 aromatic heterocycles. The van der Waals surface area contributed by atoms with Gasteiger partial charge in [-0.15, -0.1) is 10.2 Å². The standard InChI is InChI=1S/C18H20N6OS/c19-17-21-14(12-6-2-1-3-7-12)10-15-22-23-18(24(15)17)26-11-16(25)20-13-8-4-5-9-13/h1-3,6-7,10,13H,4-5,8-9,11H2,(H2,19,21)(H,20,25). The Morgan fingerprint density at radius 2 is 2.00 bits per heavy atom. The number of hydrogen-bond donors (Lipinski definition) is 2. The highest BCUT2D eigenvalue weighted by Crippen LogP contribution is 2.24. The van der Waals surface area contributed by atoms with Gasteiger partial charge in [0.25, 0.3) is 0 Å². The predicted molar refractivity (Wildman–Crippen MR) is 102 cm³/mol. The first-order chi connectivity index (χ1) is 12.7. The van der Waals surface area contributed by atoms with Crippen LogP contribution in [0.25, 0.3) is 16.9 Å². The summed E-state index contributed by atoms with van der Waals surface area (Å²) in [5.41, 5.74) is 8.47.